The summed E-state index contributed by atoms with van der Waals surface area (Å²) in [7, 11) is 0. The Bertz CT molecular complexity index is 780. The minimum Gasteiger partial charge on any atom is -0.459 e. The molecule has 0 radical (unpaired) electrons. The van der Waals surface area contributed by atoms with Crippen LogP contribution in [-0.4, -0.2) is 28.6 Å². The van der Waals surface area contributed by atoms with Crippen LogP contribution in [0.15, 0.2) is 60.7 Å². The minimum absolute atomic E-state index is 0.0375. The third-order valence-electron chi connectivity index (χ3n) is 4.85. The van der Waals surface area contributed by atoms with Crippen molar-refractivity contribution in [3.8, 4) is 0 Å². The summed E-state index contributed by atoms with van der Waals surface area (Å²) < 4.78 is 5.50. The maximum absolute atomic E-state index is 12.7. The first kappa shape index (κ1) is 16.2. The van der Waals surface area contributed by atoms with E-state index >= 15 is 0 Å². The van der Waals surface area contributed by atoms with Crippen LogP contribution in [0.3, 0.4) is 0 Å². The van der Waals surface area contributed by atoms with Crippen LogP contribution >= 0.6 is 11.8 Å². The van der Waals surface area contributed by atoms with Gasteiger partial charge in [-0.1, -0.05) is 60.7 Å². The van der Waals surface area contributed by atoms with Gasteiger partial charge in [-0.2, -0.15) is 0 Å². The molecule has 2 fully saturated rings. The number of rotatable bonds is 4. The molecule has 2 atom stereocenters. The van der Waals surface area contributed by atoms with Crippen molar-refractivity contribution >= 4 is 23.6 Å². The van der Waals surface area contributed by atoms with Gasteiger partial charge >= 0.3 is 5.97 Å². The van der Waals surface area contributed by atoms with E-state index in [0.29, 0.717) is 12.2 Å². The number of hydrogen-bond acceptors (Lipinski definition) is 4. The number of ether oxygens (including phenoxy) is 1. The van der Waals surface area contributed by atoms with Gasteiger partial charge in [0.15, 0.2) is 0 Å². The molecule has 2 saturated heterocycles. The number of carbonyl (C=O) groups excluding carboxylic acids is 2. The molecule has 2 aliphatic heterocycles. The van der Waals surface area contributed by atoms with Crippen LogP contribution in [0.1, 0.15) is 24.0 Å². The van der Waals surface area contributed by atoms with E-state index in [9.17, 15) is 9.59 Å². The van der Waals surface area contributed by atoms with Crippen molar-refractivity contribution in [2.75, 3.05) is 5.75 Å². The number of benzene rings is 2. The zero-order valence-electron chi connectivity index (χ0n) is 13.8. The Morgan fingerprint density at radius 3 is 2.52 bits per heavy atom. The van der Waals surface area contributed by atoms with E-state index in [0.717, 1.165) is 17.5 Å². The van der Waals surface area contributed by atoms with E-state index in [1.54, 1.807) is 16.7 Å². The normalized spacial score (nSPS) is 25.0. The second-order valence-corrected chi connectivity index (χ2v) is 7.63. The highest BCUT2D eigenvalue weighted by Gasteiger charge is 2.57. The highest BCUT2D eigenvalue weighted by molar-refractivity contribution is 8.00. The molecule has 5 heteroatoms. The molecule has 2 aliphatic rings. The lowest BCUT2D eigenvalue weighted by molar-refractivity contribution is -0.155. The van der Waals surface area contributed by atoms with Crippen molar-refractivity contribution in [3.63, 3.8) is 0 Å². The zero-order valence-corrected chi connectivity index (χ0v) is 14.6. The van der Waals surface area contributed by atoms with E-state index in [1.165, 1.54) is 0 Å². The van der Waals surface area contributed by atoms with Crippen LogP contribution in [0.4, 0.5) is 0 Å². The summed E-state index contributed by atoms with van der Waals surface area (Å²) in [6.07, 6.45) is 1.22. The quantitative estimate of drug-likeness (QED) is 0.791. The van der Waals surface area contributed by atoms with Crippen molar-refractivity contribution in [1.82, 2.24) is 4.90 Å². The molecule has 128 valence electrons. The fourth-order valence-electron chi connectivity index (χ4n) is 3.64. The van der Waals surface area contributed by atoms with Crippen LogP contribution in [0, 0.1) is 0 Å². The van der Waals surface area contributed by atoms with Gasteiger partial charge in [0, 0.05) is 12.2 Å². The predicted molar refractivity (Wildman–Crippen MR) is 96.7 cm³/mol. The summed E-state index contributed by atoms with van der Waals surface area (Å²) in [6.45, 7) is 0.237. The van der Waals surface area contributed by atoms with Gasteiger partial charge in [-0.3, -0.25) is 4.79 Å². The van der Waals surface area contributed by atoms with Gasteiger partial charge in [0.05, 0.1) is 0 Å². The minimum atomic E-state index is -0.510. The number of carbonyl (C=O) groups is 2. The van der Waals surface area contributed by atoms with E-state index in [2.05, 4.69) is 0 Å². The van der Waals surface area contributed by atoms with Gasteiger partial charge in [-0.15, -0.1) is 11.8 Å². The number of hydrogen-bond donors (Lipinski definition) is 0. The number of amides is 1. The zero-order chi connectivity index (χ0) is 17.3. The van der Waals surface area contributed by atoms with Crippen LogP contribution in [0.2, 0.25) is 0 Å². The third kappa shape index (κ3) is 2.82. The lowest BCUT2D eigenvalue weighted by Gasteiger charge is -2.33. The largest absolute Gasteiger partial charge is 0.459 e. The summed E-state index contributed by atoms with van der Waals surface area (Å²) in [4.78, 5) is 26.5. The van der Waals surface area contributed by atoms with E-state index in [1.807, 2.05) is 60.7 Å². The Kier molecular flexibility index (Phi) is 4.25. The smallest absolute Gasteiger partial charge is 0.330 e. The van der Waals surface area contributed by atoms with Crippen LogP contribution in [0.25, 0.3) is 0 Å². The molecule has 4 rings (SSSR count). The Labute approximate surface area is 151 Å². The first-order chi connectivity index (χ1) is 12.2. The molecule has 2 aromatic rings. The summed E-state index contributed by atoms with van der Waals surface area (Å²) >= 11 is 1.68. The summed E-state index contributed by atoms with van der Waals surface area (Å²) in [5.41, 5.74) is 2.03. The first-order valence-corrected chi connectivity index (χ1v) is 9.41. The molecule has 2 heterocycles. The Hall–Kier alpha value is -2.27. The molecular formula is C20H19NO3S. The lowest BCUT2D eigenvalue weighted by atomic mass is 10.0. The van der Waals surface area contributed by atoms with E-state index in [4.69, 9.17) is 4.74 Å². The number of nitrogens with zero attached hydrogens (tertiary/aromatic N) is 1. The average Bonchev–Trinajstić information content (AvgIpc) is 3.21. The first-order valence-electron chi connectivity index (χ1n) is 8.43. The van der Waals surface area contributed by atoms with Crippen LogP contribution in [-0.2, 0) is 25.8 Å². The lowest BCUT2D eigenvalue weighted by Crippen LogP contribution is -2.46. The van der Waals surface area contributed by atoms with Gasteiger partial charge in [0.2, 0.25) is 5.91 Å². The second-order valence-electron chi connectivity index (χ2n) is 6.33. The standard InChI is InChI=1S/C20H19NO3S/c22-18-11-12-20(16-9-5-2-6-10-16)21(18)17(14-25-20)19(23)24-13-15-7-3-1-4-8-15/h1-10,17H,11-14H2/t17-,20+/m1/s1. The summed E-state index contributed by atoms with van der Waals surface area (Å²) in [5.74, 6) is 0.300. The molecule has 1 amide bonds. The van der Waals surface area contributed by atoms with Gasteiger partial charge < -0.3 is 9.64 Å². The molecule has 0 spiro atoms. The fraction of sp³-hybridized carbons (Fsp3) is 0.300. The summed E-state index contributed by atoms with van der Waals surface area (Å²) in [5, 5.41) is 0. The summed E-state index contributed by atoms with van der Waals surface area (Å²) in [6, 6.07) is 19.1. The molecule has 0 bridgehead atoms. The molecule has 25 heavy (non-hydrogen) atoms. The van der Waals surface area contributed by atoms with Crippen molar-refractivity contribution < 1.29 is 14.3 Å². The maximum atomic E-state index is 12.7. The number of thioether (sulfide) groups is 1. The topological polar surface area (TPSA) is 46.6 Å². The van der Waals surface area contributed by atoms with Crippen molar-refractivity contribution in [3.05, 3.63) is 71.8 Å². The fourth-order valence-corrected chi connectivity index (χ4v) is 5.28. The average molecular weight is 353 g/mol. The Morgan fingerprint density at radius 2 is 1.80 bits per heavy atom. The SMILES string of the molecule is O=C(OCc1ccccc1)[C@H]1CS[C@]2(c3ccccc3)CCC(=O)N12. The molecule has 4 nitrogen and oxygen atoms in total. The highest BCUT2D eigenvalue weighted by atomic mass is 32.2. The molecule has 0 aliphatic carbocycles. The van der Waals surface area contributed by atoms with Crippen LogP contribution in [0.5, 0.6) is 0 Å². The number of fused-ring (bicyclic) bond motifs is 1. The maximum Gasteiger partial charge on any atom is 0.330 e. The van der Waals surface area contributed by atoms with E-state index in [-0.39, 0.29) is 18.5 Å². The molecule has 2 aromatic carbocycles. The number of esters is 1. The predicted octanol–water partition coefficient (Wildman–Crippen LogP) is 3.32. The molecule has 0 N–H and O–H groups in total. The van der Waals surface area contributed by atoms with Crippen molar-refractivity contribution in [2.45, 2.75) is 30.4 Å². The Balaban J connectivity index is 1.54. The van der Waals surface area contributed by atoms with Crippen molar-refractivity contribution in [2.24, 2.45) is 0 Å². The molecule has 0 unspecified atom stereocenters. The molecule has 0 aromatic heterocycles. The Morgan fingerprint density at radius 1 is 1.12 bits per heavy atom. The molecule has 0 saturated carbocycles. The van der Waals surface area contributed by atoms with E-state index < -0.39 is 10.9 Å². The second kappa shape index (κ2) is 6.56. The van der Waals surface area contributed by atoms with Gasteiger partial charge in [-0.05, 0) is 17.5 Å². The van der Waals surface area contributed by atoms with Crippen molar-refractivity contribution in [1.29, 1.82) is 0 Å². The third-order valence-corrected chi connectivity index (χ3v) is 6.44. The monoisotopic (exact) mass is 353 g/mol. The van der Waals surface area contributed by atoms with Gasteiger partial charge in [0.1, 0.15) is 17.5 Å². The molecular weight excluding hydrogens is 334 g/mol. The van der Waals surface area contributed by atoms with Crippen LogP contribution < -0.4 is 0 Å². The van der Waals surface area contributed by atoms with Gasteiger partial charge in [0.25, 0.3) is 0 Å². The van der Waals surface area contributed by atoms with Gasteiger partial charge in [-0.25, -0.2) is 4.79 Å². The highest BCUT2D eigenvalue weighted by Crippen LogP contribution is 2.54.